The first kappa shape index (κ1) is 19.2. The van der Waals surface area contributed by atoms with Gasteiger partial charge in [0.05, 0.1) is 36.7 Å². The number of furan rings is 1. The normalized spacial score (nSPS) is 14.9. The van der Waals surface area contributed by atoms with Gasteiger partial charge >= 0.3 is 0 Å². The molecule has 1 aliphatic heterocycles. The van der Waals surface area contributed by atoms with E-state index >= 15 is 0 Å². The van der Waals surface area contributed by atoms with Gasteiger partial charge in [-0.15, -0.1) is 0 Å². The molecule has 0 aliphatic carbocycles. The number of hydrogen-bond acceptors (Lipinski definition) is 4. The van der Waals surface area contributed by atoms with E-state index < -0.39 is 0 Å². The van der Waals surface area contributed by atoms with Gasteiger partial charge in [-0.3, -0.25) is 10.1 Å². The summed E-state index contributed by atoms with van der Waals surface area (Å²) < 4.78 is 5.97. The molecule has 1 aliphatic rings. The summed E-state index contributed by atoms with van der Waals surface area (Å²) in [5.74, 6) is 1.43. The van der Waals surface area contributed by atoms with Crippen LogP contribution in [0.2, 0.25) is 0 Å². The number of hydrogen-bond donors (Lipinski definition) is 1. The highest BCUT2D eigenvalue weighted by Crippen LogP contribution is 2.30. The van der Waals surface area contributed by atoms with Crippen LogP contribution >= 0.6 is 0 Å². The van der Waals surface area contributed by atoms with Crippen molar-refractivity contribution in [1.82, 2.24) is 0 Å². The third-order valence-corrected chi connectivity index (χ3v) is 5.84. The van der Waals surface area contributed by atoms with Crippen molar-refractivity contribution < 1.29 is 14.2 Å². The average Bonchev–Trinajstić information content (AvgIpc) is 3.19. The highest BCUT2D eigenvalue weighted by Gasteiger charge is 2.23. The molecule has 1 fully saturated rings. The molecule has 6 nitrogen and oxygen atoms in total. The van der Waals surface area contributed by atoms with Crippen molar-refractivity contribution in [3.05, 3.63) is 81.6 Å². The highest BCUT2D eigenvalue weighted by molar-refractivity contribution is 5.69. The van der Waals surface area contributed by atoms with Crippen LogP contribution in [0.5, 0.6) is 0 Å². The molecule has 6 heteroatoms. The fourth-order valence-corrected chi connectivity index (χ4v) is 4.02. The van der Waals surface area contributed by atoms with Crippen molar-refractivity contribution in [2.45, 2.75) is 20.4 Å². The molecule has 29 heavy (non-hydrogen) atoms. The summed E-state index contributed by atoms with van der Waals surface area (Å²) in [5, 5.41) is 11.3. The Morgan fingerprint density at radius 2 is 1.79 bits per heavy atom. The largest absolute Gasteiger partial charge is 0.455 e. The number of benzene rings is 2. The SMILES string of the molecule is Cc1cccc(N2CC[NH+](Cc3ccc(-c4ccccc4[N+](=O)[O-])o3)CC2)c1C. The molecular formula is C23H26N3O3+. The van der Waals surface area contributed by atoms with Gasteiger partial charge in [0.1, 0.15) is 12.3 Å². The second kappa shape index (κ2) is 8.09. The van der Waals surface area contributed by atoms with Crippen LogP contribution < -0.4 is 9.80 Å². The monoisotopic (exact) mass is 392 g/mol. The summed E-state index contributed by atoms with van der Waals surface area (Å²) >= 11 is 0. The zero-order chi connectivity index (χ0) is 20.4. The first-order chi connectivity index (χ1) is 14.0. The quantitative estimate of drug-likeness (QED) is 0.534. The number of quaternary nitrogens is 1. The summed E-state index contributed by atoms with van der Waals surface area (Å²) in [6.07, 6.45) is 0. The van der Waals surface area contributed by atoms with Gasteiger partial charge < -0.3 is 14.2 Å². The summed E-state index contributed by atoms with van der Waals surface area (Å²) in [6, 6.07) is 17.0. The topological polar surface area (TPSA) is 64.0 Å². The molecule has 0 saturated carbocycles. The van der Waals surface area contributed by atoms with Crippen molar-refractivity contribution in [2.24, 2.45) is 0 Å². The highest BCUT2D eigenvalue weighted by atomic mass is 16.6. The van der Waals surface area contributed by atoms with Crippen molar-refractivity contribution in [3.8, 4) is 11.3 Å². The Labute approximate surface area is 170 Å². The summed E-state index contributed by atoms with van der Waals surface area (Å²) in [7, 11) is 0. The molecule has 1 N–H and O–H groups in total. The molecular weight excluding hydrogens is 366 g/mol. The second-order valence-corrected chi connectivity index (χ2v) is 7.67. The lowest BCUT2D eigenvalue weighted by Crippen LogP contribution is -3.13. The molecule has 0 amide bonds. The van der Waals surface area contributed by atoms with Gasteiger partial charge in [-0.1, -0.05) is 24.3 Å². The van der Waals surface area contributed by atoms with Crippen LogP contribution in [0.25, 0.3) is 11.3 Å². The maximum absolute atomic E-state index is 11.3. The van der Waals surface area contributed by atoms with Crippen LogP contribution in [0, 0.1) is 24.0 Å². The first-order valence-corrected chi connectivity index (χ1v) is 10.00. The number of nitro benzene ring substituents is 1. The Morgan fingerprint density at radius 3 is 2.55 bits per heavy atom. The standard InChI is InChI=1S/C23H25N3O3/c1-17-6-5-9-21(18(17)2)25-14-12-24(13-15-25)16-19-10-11-23(29-19)20-7-3-4-8-22(20)26(27)28/h3-11H,12-16H2,1-2H3/p+1. The number of anilines is 1. The number of aryl methyl sites for hydroxylation is 1. The number of rotatable bonds is 5. The summed E-state index contributed by atoms with van der Waals surface area (Å²) in [5.41, 5.74) is 4.62. The summed E-state index contributed by atoms with van der Waals surface area (Å²) in [4.78, 5) is 14.8. The Bertz CT molecular complexity index is 1020. The van der Waals surface area contributed by atoms with Crippen molar-refractivity contribution in [1.29, 1.82) is 0 Å². The molecule has 0 spiro atoms. The zero-order valence-electron chi connectivity index (χ0n) is 16.9. The van der Waals surface area contributed by atoms with Crippen LogP contribution in [0.4, 0.5) is 11.4 Å². The van der Waals surface area contributed by atoms with Gasteiger partial charge in [-0.2, -0.15) is 0 Å². The van der Waals surface area contributed by atoms with E-state index in [9.17, 15) is 10.1 Å². The molecule has 0 atom stereocenters. The van der Waals surface area contributed by atoms with Gasteiger partial charge in [0.25, 0.3) is 5.69 Å². The van der Waals surface area contributed by atoms with Crippen LogP contribution in [-0.2, 0) is 6.54 Å². The molecule has 0 bridgehead atoms. The maximum Gasteiger partial charge on any atom is 0.280 e. The third-order valence-electron chi connectivity index (χ3n) is 5.84. The molecule has 4 rings (SSSR count). The lowest BCUT2D eigenvalue weighted by Gasteiger charge is -2.34. The predicted molar refractivity (Wildman–Crippen MR) is 113 cm³/mol. The summed E-state index contributed by atoms with van der Waals surface area (Å²) in [6.45, 7) is 9.24. The van der Waals surface area contributed by atoms with Gasteiger partial charge in [0, 0.05) is 11.8 Å². The van der Waals surface area contributed by atoms with Crippen LogP contribution in [0.1, 0.15) is 16.9 Å². The minimum atomic E-state index is -0.366. The third kappa shape index (κ3) is 4.03. The second-order valence-electron chi connectivity index (χ2n) is 7.67. The first-order valence-electron chi connectivity index (χ1n) is 10.00. The minimum Gasteiger partial charge on any atom is -0.455 e. The Morgan fingerprint density at radius 1 is 1.03 bits per heavy atom. The molecule has 2 heterocycles. The fraction of sp³-hybridized carbons (Fsp3) is 0.304. The van der Waals surface area contributed by atoms with Crippen molar-refractivity contribution in [3.63, 3.8) is 0 Å². The smallest absolute Gasteiger partial charge is 0.280 e. The van der Waals surface area contributed by atoms with E-state index in [1.807, 2.05) is 12.1 Å². The van der Waals surface area contributed by atoms with E-state index in [2.05, 4.69) is 36.9 Å². The van der Waals surface area contributed by atoms with Gasteiger partial charge in [0.2, 0.25) is 0 Å². The molecule has 1 aromatic heterocycles. The van der Waals surface area contributed by atoms with E-state index in [0.717, 1.165) is 38.5 Å². The maximum atomic E-state index is 11.3. The number of nitrogens with zero attached hydrogens (tertiary/aromatic N) is 2. The van der Waals surface area contributed by atoms with Crippen LogP contribution in [-0.4, -0.2) is 31.1 Å². The van der Waals surface area contributed by atoms with Crippen molar-refractivity contribution >= 4 is 11.4 Å². The number of piperazine rings is 1. The minimum absolute atomic E-state index is 0.0721. The van der Waals surface area contributed by atoms with E-state index in [1.54, 1.807) is 18.2 Å². The predicted octanol–water partition coefficient (Wildman–Crippen LogP) is 3.38. The van der Waals surface area contributed by atoms with Gasteiger partial charge in [-0.05, 0) is 49.2 Å². The van der Waals surface area contributed by atoms with E-state index in [0.29, 0.717) is 11.3 Å². The molecule has 0 unspecified atom stereocenters. The lowest BCUT2D eigenvalue weighted by atomic mass is 10.1. The number of para-hydroxylation sites is 1. The molecule has 150 valence electrons. The fourth-order valence-electron chi connectivity index (χ4n) is 4.02. The zero-order valence-corrected chi connectivity index (χ0v) is 16.9. The lowest BCUT2D eigenvalue weighted by molar-refractivity contribution is -0.915. The Balaban J connectivity index is 1.41. The van der Waals surface area contributed by atoms with Gasteiger partial charge in [-0.25, -0.2) is 0 Å². The molecule has 3 aromatic rings. The van der Waals surface area contributed by atoms with E-state index in [1.165, 1.54) is 27.8 Å². The Hall–Kier alpha value is -3.12. The Kier molecular flexibility index (Phi) is 5.36. The van der Waals surface area contributed by atoms with Crippen LogP contribution in [0.3, 0.4) is 0 Å². The van der Waals surface area contributed by atoms with Crippen molar-refractivity contribution in [2.75, 3.05) is 31.1 Å². The molecule has 0 radical (unpaired) electrons. The van der Waals surface area contributed by atoms with Crippen LogP contribution in [0.15, 0.2) is 59.0 Å². The molecule has 2 aromatic carbocycles. The van der Waals surface area contributed by atoms with Gasteiger partial charge in [0.15, 0.2) is 5.76 Å². The molecule has 1 saturated heterocycles. The number of nitro groups is 1. The van der Waals surface area contributed by atoms with E-state index in [4.69, 9.17) is 4.42 Å². The van der Waals surface area contributed by atoms with E-state index in [-0.39, 0.29) is 10.6 Å². The number of nitrogens with one attached hydrogen (secondary N) is 1. The average molecular weight is 392 g/mol.